The van der Waals surface area contributed by atoms with Gasteiger partial charge >= 0.3 is 0 Å². The Kier molecular flexibility index (Phi) is 4.52. The van der Waals surface area contributed by atoms with E-state index in [9.17, 15) is 0 Å². The van der Waals surface area contributed by atoms with Crippen LogP contribution in [0.25, 0.3) is 0 Å². The molecule has 2 rings (SSSR count). The number of anilines is 1. The highest BCUT2D eigenvalue weighted by atomic mass is 79.9. The van der Waals surface area contributed by atoms with Crippen LogP contribution in [0.5, 0.6) is 0 Å². The summed E-state index contributed by atoms with van der Waals surface area (Å²) in [4.78, 5) is 1.29. The minimum absolute atomic E-state index is 0.265. The van der Waals surface area contributed by atoms with E-state index in [1.54, 1.807) is 11.3 Å². The first kappa shape index (κ1) is 15.1. The van der Waals surface area contributed by atoms with Crippen LogP contribution in [0.4, 0.5) is 5.69 Å². The maximum atomic E-state index is 9.14. The van der Waals surface area contributed by atoms with Crippen LogP contribution in [-0.2, 0) is 5.41 Å². The summed E-state index contributed by atoms with van der Waals surface area (Å²) >= 11 is 5.21. The maximum Gasteiger partial charge on any atom is 0.0766 e. The van der Waals surface area contributed by atoms with E-state index in [1.807, 2.05) is 38.1 Å². The highest BCUT2D eigenvalue weighted by molar-refractivity contribution is 9.10. The number of nitrogens with zero attached hydrogens (tertiary/aromatic N) is 1. The molecule has 2 nitrogen and oxygen atoms in total. The molecule has 0 bridgehead atoms. The third-order valence-corrected chi connectivity index (χ3v) is 5.16. The molecule has 0 radical (unpaired) electrons. The van der Waals surface area contributed by atoms with Gasteiger partial charge in [0.05, 0.1) is 17.5 Å². The van der Waals surface area contributed by atoms with E-state index in [1.165, 1.54) is 4.88 Å². The lowest BCUT2D eigenvalue weighted by Crippen LogP contribution is -2.13. The summed E-state index contributed by atoms with van der Waals surface area (Å²) in [6, 6.07) is 12.8. The smallest absolute Gasteiger partial charge is 0.0766 e. The van der Waals surface area contributed by atoms with Crippen molar-refractivity contribution in [3.63, 3.8) is 0 Å². The molecule has 0 fully saturated rings. The second-order valence-electron chi connectivity index (χ2n) is 5.35. The molecule has 1 aromatic heterocycles. The molecule has 1 unspecified atom stereocenters. The van der Waals surface area contributed by atoms with Gasteiger partial charge in [0, 0.05) is 20.4 Å². The van der Waals surface area contributed by atoms with Crippen molar-refractivity contribution in [3.05, 3.63) is 50.6 Å². The van der Waals surface area contributed by atoms with Gasteiger partial charge in [0.15, 0.2) is 0 Å². The van der Waals surface area contributed by atoms with Crippen LogP contribution in [0.1, 0.15) is 37.3 Å². The highest BCUT2D eigenvalue weighted by Crippen LogP contribution is 2.29. The van der Waals surface area contributed by atoms with Crippen molar-refractivity contribution in [3.8, 4) is 6.07 Å². The van der Waals surface area contributed by atoms with E-state index in [0.717, 1.165) is 15.7 Å². The van der Waals surface area contributed by atoms with Crippen LogP contribution in [0, 0.1) is 11.3 Å². The molecular weight excluding hydrogens is 332 g/mol. The number of rotatable bonds is 4. The third kappa shape index (κ3) is 3.41. The molecule has 4 heteroatoms. The average Bonchev–Trinajstić information content (AvgIpc) is 2.86. The monoisotopic (exact) mass is 348 g/mol. The molecule has 2 aromatic rings. The van der Waals surface area contributed by atoms with Crippen molar-refractivity contribution in [1.82, 2.24) is 0 Å². The van der Waals surface area contributed by atoms with E-state index >= 15 is 0 Å². The number of thiophene rings is 1. The van der Waals surface area contributed by atoms with Gasteiger partial charge in [-0.1, -0.05) is 12.1 Å². The minimum atomic E-state index is -0.442. The lowest BCUT2D eigenvalue weighted by molar-refractivity contribution is 0.687. The van der Waals surface area contributed by atoms with Crippen molar-refractivity contribution in [2.75, 3.05) is 5.32 Å². The van der Waals surface area contributed by atoms with Gasteiger partial charge in [-0.2, -0.15) is 5.26 Å². The molecule has 1 atom stereocenters. The molecule has 20 heavy (non-hydrogen) atoms. The molecular formula is C16H17BrN2S. The Morgan fingerprint density at radius 3 is 2.45 bits per heavy atom. The summed E-state index contributed by atoms with van der Waals surface area (Å²) in [5, 5.41) is 14.7. The molecule has 0 spiro atoms. The fraction of sp³-hybridized carbons (Fsp3) is 0.312. The van der Waals surface area contributed by atoms with E-state index in [0.29, 0.717) is 0 Å². The minimum Gasteiger partial charge on any atom is -0.378 e. The molecule has 0 aliphatic heterocycles. The molecule has 1 N–H and O–H groups in total. The van der Waals surface area contributed by atoms with Gasteiger partial charge in [-0.15, -0.1) is 11.3 Å². The SMILES string of the molecule is CC(Nc1ccc(C(C)(C)C#N)cc1)c1cc(Br)cs1. The van der Waals surface area contributed by atoms with Crippen LogP contribution in [0.15, 0.2) is 40.2 Å². The topological polar surface area (TPSA) is 35.8 Å². The quantitative estimate of drug-likeness (QED) is 0.793. The normalized spacial score (nSPS) is 12.8. The standard InChI is InChI=1S/C16H17BrN2S/c1-11(15-8-13(17)9-20-15)19-14-6-4-12(5-7-14)16(2,3)10-18/h4-9,11,19H,1-3H3. The average molecular weight is 349 g/mol. The Balaban J connectivity index is 2.10. The van der Waals surface area contributed by atoms with Crippen LogP contribution in [0.2, 0.25) is 0 Å². The summed E-state index contributed by atoms with van der Waals surface area (Å²) in [7, 11) is 0. The second-order valence-corrected chi connectivity index (χ2v) is 7.21. The van der Waals surface area contributed by atoms with Crippen LogP contribution in [-0.4, -0.2) is 0 Å². The predicted octanol–water partition coefficient (Wildman–Crippen LogP) is 5.48. The highest BCUT2D eigenvalue weighted by Gasteiger charge is 2.19. The number of benzene rings is 1. The van der Waals surface area contributed by atoms with Gasteiger partial charge in [0.25, 0.3) is 0 Å². The zero-order valence-corrected chi connectivity index (χ0v) is 14.2. The van der Waals surface area contributed by atoms with Gasteiger partial charge < -0.3 is 5.32 Å². The summed E-state index contributed by atoms with van der Waals surface area (Å²) in [5.74, 6) is 0. The van der Waals surface area contributed by atoms with Gasteiger partial charge in [-0.3, -0.25) is 0 Å². The number of hydrogen-bond acceptors (Lipinski definition) is 3. The van der Waals surface area contributed by atoms with Crippen LogP contribution < -0.4 is 5.32 Å². The summed E-state index contributed by atoms with van der Waals surface area (Å²) in [6.07, 6.45) is 0. The third-order valence-electron chi connectivity index (χ3n) is 3.28. The van der Waals surface area contributed by atoms with Crippen LogP contribution >= 0.6 is 27.3 Å². The number of halogens is 1. The maximum absolute atomic E-state index is 9.14. The van der Waals surface area contributed by atoms with E-state index in [-0.39, 0.29) is 6.04 Å². The largest absolute Gasteiger partial charge is 0.378 e. The van der Waals surface area contributed by atoms with Crippen molar-refractivity contribution < 1.29 is 0 Å². The summed E-state index contributed by atoms with van der Waals surface area (Å²) in [5.41, 5.74) is 1.67. The van der Waals surface area contributed by atoms with Crippen LogP contribution in [0.3, 0.4) is 0 Å². The molecule has 1 heterocycles. The molecule has 0 saturated heterocycles. The van der Waals surface area contributed by atoms with Crippen molar-refractivity contribution in [2.24, 2.45) is 0 Å². The zero-order chi connectivity index (χ0) is 14.8. The Morgan fingerprint density at radius 2 is 1.95 bits per heavy atom. The zero-order valence-electron chi connectivity index (χ0n) is 11.8. The fourth-order valence-electron chi connectivity index (χ4n) is 1.92. The molecule has 0 amide bonds. The molecule has 104 valence electrons. The van der Waals surface area contributed by atoms with Crippen molar-refractivity contribution >= 4 is 33.0 Å². The van der Waals surface area contributed by atoms with Gasteiger partial charge in [0.1, 0.15) is 0 Å². The van der Waals surface area contributed by atoms with Gasteiger partial charge in [-0.05, 0) is 60.5 Å². The number of hydrogen-bond donors (Lipinski definition) is 1. The second kappa shape index (κ2) is 5.99. The Bertz CT molecular complexity index is 623. The Hall–Kier alpha value is -1.31. The van der Waals surface area contributed by atoms with E-state index in [4.69, 9.17) is 5.26 Å². The molecule has 0 saturated carbocycles. The molecule has 1 aromatic carbocycles. The Labute approximate surface area is 132 Å². The predicted molar refractivity (Wildman–Crippen MR) is 89.1 cm³/mol. The number of nitriles is 1. The number of nitrogens with one attached hydrogen (secondary N) is 1. The fourth-order valence-corrected chi connectivity index (χ4v) is 3.38. The molecule has 0 aliphatic carbocycles. The summed E-state index contributed by atoms with van der Waals surface area (Å²) < 4.78 is 1.12. The first-order valence-electron chi connectivity index (χ1n) is 6.44. The van der Waals surface area contributed by atoms with Crippen molar-refractivity contribution in [1.29, 1.82) is 5.26 Å². The first-order valence-corrected chi connectivity index (χ1v) is 8.12. The van der Waals surface area contributed by atoms with Gasteiger partial charge in [-0.25, -0.2) is 0 Å². The molecule has 0 aliphatic rings. The van der Waals surface area contributed by atoms with Gasteiger partial charge in [0.2, 0.25) is 0 Å². The van der Waals surface area contributed by atoms with Crippen molar-refractivity contribution in [2.45, 2.75) is 32.2 Å². The van der Waals surface area contributed by atoms with E-state index < -0.39 is 5.41 Å². The lowest BCUT2D eigenvalue weighted by atomic mass is 9.86. The summed E-state index contributed by atoms with van der Waals surface area (Å²) in [6.45, 7) is 6.01. The van der Waals surface area contributed by atoms with E-state index in [2.05, 4.69) is 45.7 Å². The lowest BCUT2D eigenvalue weighted by Gasteiger charge is -2.18. The Morgan fingerprint density at radius 1 is 1.30 bits per heavy atom. The first-order chi connectivity index (χ1) is 9.42.